The number of anilines is 1. The lowest BCUT2D eigenvalue weighted by atomic mass is 9.83. The molecule has 0 radical (unpaired) electrons. The van der Waals surface area contributed by atoms with Gasteiger partial charge in [-0.3, -0.25) is 29.4 Å². The average Bonchev–Trinajstić information content (AvgIpc) is 3.20. The maximum absolute atomic E-state index is 15.4. The number of hydrogen-bond acceptors (Lipinski definition) is 7. The number of aliphatic hydroxyl groups is 1. The lowest BCUT2D eigenvalue weighted by Gasteiger charge is -2.45. The molecule has 226 valence electrons. The highest BCUT2D eigenvalue weighted by molar-refractivity contribution is 8.45. The zero-order valence-electron chi connectivity index (χ0n) is 21.7. The van der Waals surface area contributed by atoms with Crippen LogP contribution in [0, 0.1) is 17.4 Å². The minimum absolute atomic E-state index is 0.175. The van der Waals surface area contributed by atoms with Gasteiger partial charge in [-0.15, -0.1) is 0 Å². The van der Waals surface area contributed by atoms with Gasteiger partial charge in [0.1, 0.15) is 16.6 Å². The van der Waals surface area contributed by atoms with Crippen LogP contribution >= 0.6 is 10.2 Å². The number of amides is 1. The number of Topliss-reactive ketones (excluding diaryl/α,β-unsaturated/α-hetero) is 1. The Labute approximate surface area is 229 Å². The SMILES string of the molecule is CC(=O)C(c1nccnc1CC(C)C)(N(C(=O)C1CC(O)CN1C#N)c1ccc(S(F)(F)(F)(F)F)cc1)C(F)(F)F. The number of ketones is 1. The normalized spacial score (nSPS) is 21.0. The van der Waals surface area contributed by atoms with Crippen LogP contribution in [0.4, 0.5) is 38.3 Å². The van der Waals surface area contributed by atoms with Crippen molar-refractivity contribution in [3.05, 3.63) is 48.0 Å². The Balaban J connectivity index is 2.45. The first-order valence-corrected chi connectivity index (χ1v) is 13.9. The van der Waals surface area contributed by atoms with Crippen molar-refractivity contribution in [2.45, 2.75) is 62.4 Å². The molecule has 2 heterocycles. The van der Waals surface area contributed by atoms with Crippen molar-refractivity contribution in [2.75, 3.05) is 11.4 Å². The van der Waals surface area contributed by atoms with Crippen LogP contribution in [0.1, 0.15) is 38.6 Å². The van der Waals surface area contributed by atoms with Gasteiger partial charge in [-0.05, 0) is 43.5 Å². The summed E-state index contributed by atoms with van der Waals surface area (Å²) in [6.45, 7) is 3.25. The van der Waals surface area contributed by atoms with Crippen molar-refractivity contribution in [3.63, 3.8) is 0 Å². The van der Waals surface area contributed by atoms with E-state index in [4.69, 9.17) is 0 Å². The highest BCUT2D eigenvalue weighted by atomic mass is 32.5. The molecule has 0 saturated carbocycles. The lowest BCUT2D eigenvalue weighted by molar-refractivity contribution is -0.196. The molecule has 2 aromatic rings. The molecule has 0 spiro atoms. The van der Waals surface area contributed by atoms with E-state index in [1.807, 2.05) is 0 Å². The molecule has 0 bridgehead atoms. The van der Waals surface area contributed by atoms with Gasteiger partial charge in [-0.2, -0.15) is 18.4 Å². The van der Waals surface area contributed by atoms with Crippen molar-refractivity contribution < 1.29 is 47.3 Å². The van der Waals surface area contributed by atoms with Crippen molar-refractivity contribution in [3.8, 4) is 6.19 Å². The van der Waals surface area contributed by atoms with Gasteiger partial charge >= 0.3 is 16.4 Å². The van der Waals surface area contributed by atoms with Gasteiger partial charge in [0.25, 0.3) is 5.91 Å². The van der Waals surface area contributed by atoms with Crippen LogP contribution in [0.2, 0.25) is 0 Å². The Hall–Kier alpha value is -3.52. The number of halogens is 8. The zero-order valence-corrected chi connectivity index (χ0v) is 22.6. The van der Waals surface area contributed by atoms with E-state index in [1.54, 1.807) is 20.0 Å². The van der Waals surface area contributed by atoms with Crippen molar-refractivity contribution in [1.29, 1.82) is 5.26 Å². The smallest absolute Gasteiger partial charge is 0.391 e. The summed E-state index contributed by atoms with van der Waals surface area (Å²) in [6.07, 6.45) is -4.38. The second-order valence-corrected chi connectivity index (χ2v) is 12.4. The van der Waals surface area contributed by atoms with E-state index in [-0.39, 0.29) is 47.2 Å². The van der Waals surface area contributed by atoms with Gasteiger partial charge in [-0.1, -0.05) is 33.3 Å². The Morgan fingerprint density at radius 1 is 1.12 bits per heavy atom. The van der Waals surface area contributed by atoms with Crippen LogP contribution in [0.5, 0.6) is 0 Å². The number of hydrogen-bond donors (Lipinski definition) is 1. The summed E-state index contributed by atoms with van der Waals surface area (Å²) in [5.41, 5.74) is -6.46. The number of carbonyl (C=O) groups excluding carboxylic acids is 2. The molecule has 1 aliphatic heterocycles. The standard InChI is InChI=1S/C24H25F8N5O3S/c1-14(2)10-19-21(35-9-8-34-19)23(15(3)38,24(25,26)27)37(22(40)20-11-17(39)12-36(20)13-33)16-4-6-18(7-5-16)41(28,29,30,31)32/h4-9,14,17,20,39H,10-12H2,1-3H3. The van der Waals surface area contributed by atoms with E-state index < -0.39 is 75.0 Å². The monoisotopic (exact) mass is 615 g/mol. The zero-order chi connectivity index (χ0) is 31.2. The third-order valence-corrected chi connectivity index (χ3v) is 7.59. The molecular weight excluding hydrogens is 590 g/mol. The van der Waals surface area contributed by atoms with Gasteiger partial charge in [0.15, 0.2) is 12.0 Å². The van der Waals surface area contributed by atoms with E-state index in [9.17, 15) is 39.4 Å². The second kappa shape index (κ2) is 9.79. The highest BCUT2D eigenvalue weighted by Crippen LogP contribution is 3.02. The van der Waals surface area contributed by atoms with Crippen LogP contribution in [0.15, 0.2) is 41.6 Å². The number of alkyl halides is 3. The van der Waals surface area contributed by atoms with Crippen molar-refractivity contribution >= 4 is 27.6 Å². The molecule has 1 aromatic carbocycles. The fourth-order valence-corrected chi connectivity index (χ4v) is 5.39. The number of nitriles is 1. The largest absolute Gasteiger partial charge is 0.425 e. The molecular formula is C24H25F8N5O3S. The highest BCUT2D eigenvalue weighted by Gasteiger charge is 2.69. The minimum atomic E-state index is -10.3. The number of aliphatic hydroxyl groups excluding tert-OH is 1. The number of rotatable bonds is 8. The van der Waals surface area contributed by atoms with Gasteiger partial charge in [-0.25, -0.2) is 0 Å². The van der Waals surface area contributed by atoms with E-state index in [1.165, 1.54) is 0 Å². The van der Waals surface area contributed by atoms with E-state index in [2.05, 4.69) is 9.97 Å². The first-order valence-electron chi connectivity index (χ1n) is 11.9. The first kappa shape index (κ1) is 32.0. The van der Waals surface area contributed by atoms with Crippen molar-refractivity contribution in [2.24, 2.45) is 5.92 Å². The predicted molar refractivity (Wildman–Crippen MR) is 131 cm³/mol. The lowest BCUT2D eigenvalue weighted by Crippen LogP contribution is -2.66. The number of β-amino-alcohol motifs (C(OH)–C–C–N with tert-alkyl or cyclic N) is 1. The summed E-state index contributed by atoms with van der Waals surface area (Å²) in [6, 6.07) is -1.79. The Morgan fingerprint density at radius 2 is 1.68 bits per heavy atom. The molecule has 1 aliphatic rings. The number of nitrogens with zero attached hydrogens (tertiary/aromatic N) is 5. The maximum atomic E-state index is 15.4. The van der Waals surface area contributed by atoms with Crippen LogP contribution in [-0.4, -0.2) is 56.5 Å². The van der Waals surface area contributed by atoms with Gasteiger partial charge in [0.2, 0.25) is 5.54 Å². The molecule has 17 heteroatoms. The third kappa shape index (κ3) is 6.08. The van der Waals surface area contributed by atoms with E-state index in [0.29, 0.717) is 11.8 Å². The molecule has 1 fully saturated rings. The van der Waals surface area contributed by atoms with Crippen LogP contribution in [0.3, 0.4) is 0 Å². The number of benzene rings is 1. The molecule has 8 nitrogen and oxygen atoms in total. The fraction of sp³-hybridized carbons (Fsp3) is 0.458. The Morgan fingerprint density at radius 3 is 2.15 bits per heavy atom. The number of aromatic nitrogens is 2. The number of carbonyl (C=O) groups is 2. The van der Waals surface area contributed by atoms with Gasteiger partial charge < -0.3 is 5.11 Å². The quantitative estimate of drug-likeness (QED) is 0.303. The topological polar surface area (TPSA) is 110 Å². The summed E-state index contributed by atoms with van der Waals surface area (Å²) in [5, 5.41) is 19.5. The molecule has 1 N–H and O–H groups in total. The predicted octanol–water partition coefficient (Wildman–Crippen LogP) is 5.63. The fourth-order valence-electron chi connectivity index (χ4n) is 4.74. The molecule has 3 unspecified atom stereocenters. The summed E-state index contributed by atoms with van der Waals surface area (Å²) >= 11 is 0. The first-order chi connectivity index (χ1) is 18.5. The summed E-state index contributed by atoms with van der Waals surface area (Å²) in [4.78, 5) is 32.9. The van der Waals surface area contributed by atoms with Crippen LogP contribution in [0.25, 0.3) is 0 Å². The molecule has 3 rings (SSSR count). The third-order valence-electron chi connectivity index (χ3n) is 6.43. The Kier molecular flexibility index (Phi) is 7.64. The van der Waals surface area contributed by atoms with Crippen molar-refractivity contribution in [1.82, 2.24) is 14.9 Å². The molecule has 0 aliphatic carbocycles. The molecule has 41 heavy (non-hydrogen) atoms. The van der Waals surface area contributed by atoms with Crippen LogP contribution < -0.4 is 4.90 Å². The molecule has 1 aromatic heterocycles. The molecule has 1 amide bonds. The van der Waals surface area contributed by atoms with Gasteiger partial charge in [0, 0.05) is 24.5 Å². The van der Waals surface area contributed by atoms with E-state index >= 15 is 13.2 Å². The van der Waals surface area contributed by atoms with Crippen LogP contribution in [-0.2, 0) is 21.5 Å². The maximum Gasteiger partial charge on any atom is 0.425 e. The summed E-state index contributed by atoms with van der Waals surface area (Å²) in [7, 11) is -10.3. The number of likely N-dealkylation sites (tertiary alicyclic amines) is 1. The molecule has 1 saturated heterocycles. The van der Waals surface area contributed by atoms with E-state index in [0.717, 1.165) is 12.4 Å². The van der Waals surface area contributed by atoms with Gasteiger partial charge in [0.05, 0.1) is 18.3 Å². The molecule has 3 atom stereocenters. The summed E-state index contributed by atoms with van der Waals surface area (Å²) in [5.74, 6) is -3.71. The average molecular weight is 616 g/mol. The minimum Gasteiger partial charge on any atom is -0.391 e. The summed E-state index contributed by atoms with van der Waals surface area (Å²) < 4.78 is 113. The Bertz CT molecular complexity index is 1380. The second-order valence-electron chi connectivity index (χ2n) is 10.0.